The normalized spacial score (nSPS) is 14.6. The first-order valence-electron chi connectivity index (χ1n) is 5.20. The Balaban J connectivity index is 1.93. The zero-order valence-electron chi connectivity index (χ0n) is 9.06. The summed E-state index contributed by atoms with van der Waals surface area (Å²) in [5, 5.41) is 8.85. The number of carbonyl (C=O) groups excluding carboxylic acids is 1. The molecule has 1 fully saturated rings. The third-order valence-corrected chi connectivity index (χ3v) is 2.41. The summed E-state index contributed by atoms with van der Waals surface area (Å²) in [5.41, 5.74) is 0.363. The van der Waals surface area contributed by atoms with Crippen molar-refractivity contribution in [2.45, 2.75) is 18.9 Å². The van der Waals surface area contributed by atoms with Gasteiger partial charge in [0.15, 0.2) is 0 Å². The van der Waals surface area contributed by atoms with Crippen molar-refractivity contribution in [2.75, 3.05) is 18.5 Å². The molecule has 0 aliphatic heterocycles. The molecule has 86 valence electrons. The van der Waals surface area contributed by atoms with Crippen LogP contribution in [0, 0.1) is 0 Å². The van der Waals surface area contributed by atoms with Crippen LogP contribution in [0.25, 0.3) is 0 Å². The van der Waals surface area contributed by atoms with E-state index in [9.17, 15) is 9.59 Å². The van der Waals surface area contributed by atoms with Gasteiger partial charge in [-0.05, 0) is 12.8 Å². The molecule has 1 aliphatic carbocycles. The fraction of sp³-hybridized carbons (Fsp3) is 0.500. The molecular formula is C10H14N4O2. The second-order valence-corrected chi connectivity index (χ2v) is 4.00. The van der Waals surface area contributed by atoms with Crippen molar-refractivity contribution >= 4 is 11.6 Å². The Hall–Kier alpha value is -1.85. The van der Waals surface area contributed by atoms with Crippen LogP contribution in [-0.2, 0) is 4.79 Å². The third-order valence-electron chi connectivity index (χ3n) is 2.41. The lowest BCUT2D eigenvalue weighted by Crippen LogP contribution is -2.36. The van der Waals surface area contributed by atoms with Crippen LogP contribution in [0.2, 0.25) is 0 Å². The lowest BCUT2D eigenvalue weighted by Gasteiger charge is -2.17. The first-order valence-corrected chi connectivity index (χ1v) is 5.20. The van der Waals surface area contributed by atoms with Gasteiger partial charge in [-0.1, -0.05) is 0 Å². The second kappa shape index (κ2) is 4.34. The number of hydrogen-bond acceptors (Lipinski definition) is 4. The molecule has 0 radical (unpaired) electrons. The highest BCUT2D eigenvalue weighted by molar-refractivity contribution is 5.81. The molecular weight excluding hydrogens is 208 g/mol. The summed E-state index contributed by atoms with van der Waals surface area (Å²) in [7, 11) is 1.75. The van der Waals surface area contributed by atoms with Crippen molar-refractivity contribution in [3.8, 4) is 0 Å². The van der Waals surface area contributed by atoms with Crippen molar-refractivity contribution in [1.82, 2.24) is 15.5 Å². The molecule has 0 saturated heterocycles. The summed E-state index contributed by atoms with van der Waals surface area (Å²) in [4.78, 5) is 24.2. The summed E-state index contributed by atoms with van der Waals surface area (Å²) < 4.78 is 0. The van der Waals surface area contributed by atoms with Crippen LogP contribution in [0.15, 0.2) is 17.1 Å². The second-order valence-electron chi connectivity index (χ2n) is 4.00. The molecule has 2 N–H and O–H groups in total. The molecule has 1 aliphatic rings. The smallest absolute Gasteiger partial charge is 0.266 e. The third kappa shape index (κ3) is 2.82. The summed E-state index contributed by atoms with van der Waals surface area (Å²) in [6.07, 6.45) is 3.66. The van der Waals surface area contributed by atoms with Gasteiger partial charge in [0.1, 0.15) is 0 Å². The van der Waals surface area contributed by atoms with Crippen LogP contribution in [0.3, 0.4) is 0 Å². The van der Waals surface area contributed by atoms with Gasteiger partial charge < -0.3 is 10.2 Å². The van der Waals surface area contributed by atoms with Crippen molar-refractivity contribution in [3.63, 3.8) is 0 Å². The lowest BCUT2D eigenvalue weighted by atomic mass is 10.4. The average Bonchev–Trinajstić information content (AvgIpc) is 3.01. The van der Waals surface area contributed by atoms with E-state index in [1.54, 1.807) is 11.9 Å². The number of nitrogens with zero attached hydrogens (tertiary/aromatic N) is 2. The molecule has 16 heavy (non-hydrogen) atoms. The van der Waals surface area contributed by atoms with E-state index >= 15 is 0 Å². The maximum Gasteiger partial charge on any atom is 0.266 e. The minimum Gasteiger partial charge on any atom is -0.364 e. The Kier molecular flexibility index (Phi) is 2.89. The standard InChI is InChI=1S/C10H14N4O2/c1-14(6-10(16)12-7-2-3-7)8-4-9(15)13-11-5-8/h4-5,7H,2-3,6H2,1H3,(H,12,16)(H,13,15). The van der Waals surface area contributed by atoms with E-state index in [2.05, 4.69) is 15.5 Å². The van der Waals surface area contributed by atoms with Crippen LogP contribution in [0.1, 0.15) is 12.8 Å². The van der Waals surface area contributed by atoms with Crippen LogP contribution >= 0.6 is 0 Å². The van der Waals surface area contributed by atoms with Gasteiger partial charge in [-0.15, -0.1) is 0 Å². The minimum absolute atomic E-state index is 0.0229. The lowest BCUT2D eigenvalue weighted by molar-refractivity contribution is -0.119. The molecule has 1 saturated carbocycles. The minimum atomic E-state index is -0.271. The van der Waals surface area contributed by atoms with Crippen molar-refractivity contribution in [3.05, 3.63) is 22.6 Å². The Morgan fingerprint density at radius 3 is 3.06 bits per heavy atom. The van der Waals surface area contributed by atoms with Crippen LogP contribution < -0.4 is 15.8 Å². The van der Waals surface area contributed by atoms with Crippen molar-refractivity contribution in [1.29, 1.82) is 0 Å². The number of amides is 1. The number of rotatable bonds is 4. The number of likely N-dealkylation sites (N-methyl/N-ethyl adjacent to an activating group) is 1. The fourth-order valence-electron chi connectivity index (χ4n) is 1.38. The van der Waals surface area contributed by atoms with E-state index in [-0.39, 0.29) is 18.0 Å². The predicted octanol–water partition coefficient (Wildman–Crippen LogP) is -0.515. The van der Waals surface area contributed by atoms with Gasteiger partial charge in [-0.3, -0.25) is 9.59 Å². The molecule has 2 rings (SSSR count). The van der Waals surface area contributed by atoms with E-state index in [4.69, 9.17) is 0 Å². The fourth-order valence-corrected chi connectivity index (χ4v) is 1.38. The van der Waals surface area contributed by atoms with Gasteiger partial charge >= 0.3 is 0 Å². The largest absolute Gasteiger partial charge is 0.364 e. The monoisotopic (exact) mass is 222 g/mol. The summed E-state index contributed by atoms with van der Waals surface area (Å²) >= 11 is 0. The van der Waals surface area contributed by atoms with Gasteiger partial charge in [0.05, 0.1) is 18.4 Å². The quantitative estimate of drug-likeness (QED) is 0.719. The Morgan fingerprint density at radius 1 is 1.69 bits per heavy atom. The number of aromatic amines is 1. The molecule has 6 nitrogen and oxygen atoms in total. The van der Waals surface area contributed by atoms with E-state index in [1.807, 2.05) is 0 Å². The number of anilines is 1. The predicted molar refractivity (Wildman–Crippen MR) is 59.3 cm³/mol. The average molecular weight is 222 g/mol. The highest BCUT2D eigenvalue weighted by Gasteiger charge is 2.23. The highest BCUT2D eigenvalue weighted by atomic mass is 16.2. The van der Waals surface area contributed by atoms with Gasteiger partial charge in [-0.25, -0.2) is 5.10 Å². The summed E-state index contributed by atoms with van der Waals surface area (Å²) in [6.45, 7) is 0.238. The van der Waals surface area contributed by atoms with E-state index in [1.165, 1.54) is 12.3 Å². The van der Waals surface area contributed by atoms with Crippen LogP contribution in [-0.4, -0.2) is 35.7 Å². The maximum absolute atomic E-state index is 11.5. The molecule has 1 aromatic rings. The summed E-state index contributed by atoms with van der Waals surface area (Å²) in [5.74, 6) is -0.0229. The van der Waals surface area contributed by atoms with E-state index in [0.717, 1.165) is 12.8 Å². The van der Waals surface area contributed by atoms with Gasteiger partial charge in [-0.2, -0.15) is 5.10 Å². The van der Waals surface area contributed by atoms with Crippen LogP contribution in [0.4, 0.5) is 5.69 Å². The molecule has 1 heterocycles. The van der Waals surface area contributed by atoms with Crippen molar-refractivity contribution < 1.29 is 4.79 Å². The van der Waals surface area contributed by atoms with Gasteiger partial charge in [0, 0.05) is 19.2 Å². The first-order chi connectivity index (χ1) is 7.65. The van der Waals surface area contributed by atoms with Crippen LogP contribution in [0.5, 0.6) is 0 Å². The Morgan fingerprint density at radius 2 is 2.44 bits per heavy atom. The highest BCUT2D eigenvalue weighted by Crippen LogP contribution is 2.18. The summed E-state index contributed by atoms with van der Waals surface area (Å²) in [6, 6.07) is 1.77. The molecule has 1 amide bonds. The zero-order valence-corrected chi connectivity index (χ0v) is 9.06. The molecule has 0 unspecified atom stereocenters. The maximum atomic E-state index is 11.5. The number of aromatic nitrogens is 2. The zero-order chi connectivity index (χ0) is 11.5. The number of H-pyrrole nitrogens is 1. The molecule has 6 heteroatoms. The Labute approximate surface area is 92.7 Å². The molecule has 0 atom stereocenters. The van der Waals surface area contributed by atoms with Gasteiger partial charge in [0.2, 0.25) is 5.91 Å². The number of carbonyl (C=O) groups is 1. The molecule has 1 aromatic heterocycles. The molecule has 0 aromatic carbocycles. The SMILES string of the molecule is CN(CC(=O)NC1CC1)c1cn[nH]c(=O)c1. The van der Waals surface area contributed by atoms with E-state index in [0.29, 0.717) is 11.7 Å². The molecule has 0 spiro atoms. The number of nitrogens with one attached hydrogen (secondary N) is 2. The topological polar surface area (TPSA) is 78.1 Å². The van der Waals surface area contributed by atoms with E-state index < -0.39 is 0 Å². The molecule has 0 bridgehead atoms. The van der Waals surface area contributed by atoms with Gasteiger partial charge in [0.25, 0.3) is 5.56 Å². The first kappa shape index (κ1) is 10.7. The number of hydrogen-bond donors (Lipinski definition) is 2. The Bertz CT molecular complexity index is 438. The van der Waals surface area contributed by atoms with Crippen molar-refractivity contribution in [2.24, 2.45) is 0 Å².